The molecule has 0 radical (unpaired) electrons. The van der Waals surface area contributed by atoms with Gasteiger partial charge in [0.05, 0.1) is 25.3 Å². The molecule has 28 heavy (non-hydrogen) atoms. The molecule has 1 aromatic carbocycles. The fraction of sp³-hybridized carbons (Fsp3) is 0.238. The van der Waals surface area contributed by atoms with E-state index in [9.17, 15) is 9.00 Å². The Kier molecular flexibility index (Phi) is 5.25. The zero-order valence-corrected chi connectivity index (χ0v) is 16.3. The maximum atomic E-state index is 13.2. The molecule has 6 nitrogen and oxygen atoms in total. The van der Waals surface area contributed by atoms with Crippen molar-refractivity contribution in [3.8, 4) is 5.75 Å². The van der Waals surface area contributed by atoms with Gasteiger partial charge >= 0.3 is 0 Å². The molecular formula is C21H21N3O3S. The first kappa shape index (κ1) is 18.4. The van der Waals surface area contributed by atoms with Crippen molar-refractivity contribution in [2.75, 3.05) is 12.9 Å². The van der Waals surface area contributed by atoms with E-state index in [1.807, 2.05) is 42.6 Å². The minimum Gasteiger partial charge on any atom is -0.497 e. The zero-order valence-electron chi connectivity index (χ0n) is 15.5. The summed E-state index contributed by atoms with van der Waals surface area (Å²) in [7, 11) is 0.610. The second-order valence-corrected chi connectivity index (χ2v) is 8.09. The molecule has 1 aliphatic rings. The number of H-pyrrole nitrogens is 1. The Hall–Kier alpha value is -2.93. The van der Waals surface area contributed by atoms with Gasteiger partial charge in [-0.3, -0.25) is 14.0 Å². The van der Waals surface area contributed by atoms with Crippen molar-refractivity contribution in [2.24, 2.45) is 0 Å². The number of benzene rings is 1. The summed E-state index contributed by atoms with van der Waals surface area (Å²) < 4.78 is 17.1. The number of nitrogens with zero attached hydrogens (tertiary/aromatic N) is 2. The number of aromatic nitrogens is 2. The highest BCUT2D eigenvalue weighted by Crippen LogP contribution is 2.25. The van der Waals surface area contributed by atoms with Crippen molar-refractivity contribution < 1.29 is 13.7 Å². The van der Waals surface area contributed by atoms with E-state index in [0.29, 0.717) is 12.3 Å². The van der Waals surface area contributed by atoms with Crippen LogP contribution in [-0.2, 0) is 28.6 Å². The molecule has 7 heteroatoms. The maximum absolute atomic E-state index is 13.2. The van der Waals surface area contributed by atoms with Gasteiger partial charge in [-0.1, -0.05) is 6.08 Å². The molecule has 2 aromatic heterocycles. The van der Waals surface area contributed by atoms with E-state index >= 15 is 0 Å². The van der Waals surface area contributed by atoms with Crippen LogP contribution in [0.5, 0.6) is 5.75 Å². The summed E-state index contributed by atoms with van der Waals surface area (Å²) in [6.45, 7) is 0.462. The molecule has 1 amide bonds. The van der Waals surface area contributed by atoms with Crippen LogP contribution in [0.3, 0.4) is 0 Å². The average molecular weight is 395 g/mol. The van der Waals surface area contributed by atoms with Gasteiger partial charge in [0.1, 0.15) is 5.75 Å². The molecule has 1 aliphatic heterocycles. The lowest BCUT2D eigenvalue weighted by molar-refractivity contribution is -0.132. The van der Waals surface area contributed by atoms with Crippen molar-refractivity contribution in [2.45, 2.75) is 19.0 Å². The SMILES string of the molecule is COc1ccc2c(CC(=O)N(Cc3ccncc3)C3C=CS(=O)C3)c[nH]c2c1. The van der Waals surface area contributed by atoms with E-state index in [-0.39, 0.29) is 18.4 Å². The monoisotopic (exact) mass is 395 g/mol. The first-order valence-electron chi connectivity index (χ1n) is 9.02. The quantitative estimate of drug-likeness (QED) is 0.696. The summed E-state index contributed by atoms with van der Waals surface area (Å²) in [5.41, 5.74) is 2.87. The molecule has 3 heterocycles. The number of carbonyl (C=O) groups is 1. The highest BCUT2D eigenvalue weighted by atomic mass is 32.2. The number of hydrogen-bond donors (Lipinski definition) is 1. The van der Waals surface area contributed by atoms with E-state index in [0.717, 1.165) is 27.8 Å². The van der Waals surface area contributed by atoms with Gasteiger partial charge in [0.2, 0.25) is 5.91 Å². The average Bonchev–Trinajstić information content (AvgIpc) is 3.32. The molecule has 1 N–H and O–H groups in total. The Bertz CT molecular complexity index is 1050. The number of ether oxygens (including phenoxy) is 1. The standard InChI is InChI=1S/C21H21N3O3S/c1-27-18-2-3-19-16(12-23-20(19)11-18)10-21(25)24(17-6-9-28(26)14-17)13-15-4-7-22-8-5-15/h2-9,11-12,17,23H,10,13-14H2,1H3. The number of hydrogen-bond acceptors (Lipinski definition) is 4. The van der Waals surface area contributed by atoms with Crippen molar-refractivity contribution in [1.82, 2.24) is 14.9 Å². The highest BCUT2D eigenvalue weighted by Gasteiger charge is 2.27. The van der Waals surface area contributed by atoms with Crippen molar-refractivity contribution in [3.05, 3.63) is 71.5 Å². The van der Waals surface area contributed by atoms with Crippen LogP contribution in [0.15, 0.2) is 60.4 Å². The van der Waals surface area contributed by atoms with Crippen LogP contribution in [0.25, 0.3) is 10.9 Å². The number of amides is 1. The maximum Gasteiger partial charge on any atom is 0.227 e. The van der Waals surface area contributed by atoms with E-state index in [4.69, 9.17) is 4.74 Å². The van der Waals surface area contributed by atoms with Gasteiger partial charge in [-0.25, -0.2) is 0 Å². The van der Waals surface area contributed by atoms with E-state index in [2.05, 4.69) is 9.97 Å². The Morgan fingerprint density at radius 1 is 1.32 bits per heavy atom. The van der Waals surface area contributed by atoms with Crippen LogP contribution in [0.4, 0.5) is 0 Å². The fourth-order valence-electron chi connectivity index (χ4n) is 3.43. The van der Waals surface area contributed by atoms with Gasteiger partial charge in [0.25, 0.3) is 0 Å². The number of methoxy groups -OCH3 is 1. The molecule has 0 bridgehead atoms. The number of rotatable bonds is 6. The topological polar surface area (TPSA) is 75.3 Å². The van der Waals surface area contributed by atoms with Crippen LogP contribution >= 0.6 is 0 Å². The van der Waals surface area contributed by atoms with Gasteiger partial charge in [-0.05, 0) is 35.4 Å². The first-order chi connectivity index (χ1) is 13.6. The molecule has 4 rings (SSSR count). The number of carbonyl (C=O) groups excluding carboxylic acids is 1. The third-order valence-corrected chi connectivity index (χ3v) is 6.06. The lowest BCUT2D eigenvalue weighted by atomic mass is 10.1. The first-order valence-corrected chi connectivity index (χ1v) is 10.4. The second-order valence-electron chi connectivity index (χ2n) is 6.72. The van der Waals surface area contributed by atoms with Crippen molar-refractivity contribution >= 4 is 27.6 Å². The van der Waals surface area contributed by atoms with Gasteiger partial charge in [0.15, 0.2) is 0 Å². The van der Waals surface area contributed by atoms with Crippen LogP contribution in [0.1, 0.15) is 11.1 Å². The molecule has 2 unspecified atom stereocenters. The Morgan fingerprint density at radius 3 is 2.86 bits per heavy atom. The summed E-state index contributed by atoms with van der Waals surface area (Å²) in [4.78, 5) is 22.3. The van der Waals surface area contributed by atoms with Crippen molar-refractivity contribution in [3.63, 3.8) is 0 Å². The van der Waals surface area contributed by atoms with Gasteiger partial charge in [-0.15, -0.1) is 0 Å². The van der Waals surface area contributed by atoms with Gasteiger partial charge in [0, 0.05) is 58.3 Å². The third-order valence-electron chi connectivity index (χ3n) is 4.93. The number of aromatic amines is 1. The van der Waals surface area contributed by atoms with Crippen molar-refractivity contribution in [1.29, 1.82) is 0 Å². The van der Waals surface area contributed by atoms with Crippen LogP contribution in [0.2, 0.25) is 0 Å². The summed E-state index contributed by atoms with van der Waals surface area (Å²) >= 11 is 0. The number of nitrogens with one attached hydrogen (secondary N) is 1. The van der Waals surface area contributed by atoms with E-state index in [1.165, 1.54) is 0 Å². The Balaban J connectivity index is 1.58. The molecule has 0 saturated carbocycles. The van der Waals surface area contributed by atoms with E-state index in [1.54, 1.807) is 29.8 Å². The Morgan fingerprint density at radius 2 is 2.14 bits per heavy atom. The predicted molar refractivity (Wildman–Crippen MR) is 109 cm³/mol. The largest absolute Gasteiger partial charge is 0.497 e. The van der Waals surface area contributed by atoms with Crippen LogP contribution < -0.4 is 4.74 Å². The molecule has 2 atom stereocenters. The predicted octanol–water partition coefficient (Wildman–Crippen LogP) is 2.79. The van der Waals surface area contributed by atoms with Crippen LogP contribution in [-0.4, -0.2) is 43.9 Å². The minimum atomic E-state index is -1.02. The lowest BCUT2D eigenvalue weighted by Crippen LogP contribution is -2.40. The van der Waals surface area contributed by atoms with Crippen LogP contribution in [0, 0.1) is 0 Å². The van der Waals surface area contributed by atoms with Gasteiger partial charge < -0.3 is 14.6 Å². The summed E-state index contributed by atoms with van der Waals surface area (Å²) in [5, 5.41) is 2.68. The molecule has 3 aromatic rings. The smallest absolute Gasteiger partial charge is 0.227 e. The highest BCUT2D eigenvalue weighted by molar-refractivity contribution is 7.88. The van der Waals surface area contributed by atoms with Gasteiger partial charge in [-0.2, -0.15) is 0 Å². The molecule has 144 valence electrons. The molecule has 0 fully saturated rings. The van der Waals surface area contributed by atoms with E-state index < -0.39 is 10.8 Å². The Labute approximate surface area is 165 Å². The molecule has 0 aliphatic carbocycles. The summed E-state index contributed by atoms with van der Waals surface area (Å²) in [6.07, 6.45) is 7.44. The molecule has 0 spiro atoms. The zero-order chi connectivity index (χ0) is 19.5. The number of pyridine rings is 1. The fourth-order valence-corrected chi connectivity index (χ4v) is 4.53. The molecule has 0 saturated heterocycles. The normalized spacial score (nSPS) is 18.5. The minimum absolute atomic E-state index is 0.00193. The number of fused-ring (bicyclic) bond motifs is 1. The summed E-state index contributed by atoms with van der Waals surface area (Å²) in [6, 6.07) is 9.40. The second kappa shape index (κ2) is 7.98. The lowest BCUT2D eigenvalue weighted by Gasteiger charge is -2.28. The summed E-state index contributed by atoms with van der Waals surface area (Å²) in [5.74, 6) is 1.22. The third kappa shape index (κ3) is 3.84. The molecular weight excluding hydrogens is 374 g/mol.